The molecule has 2 fully saturated rings. The Kier molecular flexibility index (Phi) is 6.24. The molecule has 1 aliphatic carbocycles. The number of hydrogen-bond donors (Lipinski definition) is 2. The minimum Gasteiger partial charge on any atom is -0.495 e. The highest BCUT2D eigenvalue weighted by atomic mass is 16.5. The fraction of sp³-hybridized carbons (Fsp3) is 0.619. The Labute approximate surface area is 160 Å². The van der Waals surface area contributed by atoms with E-state index in [0.717, 1.165) is 63.1 Å². The first-order chi connectivity index (χ1) is 13.0. The van der Waals surface area contributed by atoms with Crippen LogP contribution in [-0.4, -0.2) is 43.2 Å². The summed E-state index contributed by atoms with van der Waals surface area (Å²) < 4.78 is 5.44. The van der Waals surface area contributed by atoms with Gasteiger partial charge in [0.05, 0.1) is 19.2 Å². The highest BCUT2D eigenvalue weighted by molar-refractivity contribution is 5.78. The summed E-state index contributed by atoms with van der Waals surface area (Å²) in [6.45, 7) is 1.61. The van der Waals surface area contributed by atoms with Crippen LogP contribution in [0.3, 0.4) is 0 Å². The second-order valence-electron chi connectivity index (χ2n) is 7.98. The van der Waals surface area contributed by atoms with Crippen LogP contribution in [0.25, 0.3) is 0 Å². The molecule has 1 saturated carbocycles. The molecule has 6 nitrogen and oxygen atoms in total. The number of hydrogen-bond acceptors (Lipinski definition) is 4. The molecular weight excluding hydrogens is 344 g/mol. The van der Waals surface area contributed by atoms with Gasteiger partial charge in [0.15, 0.2) is 0 Å². The zero-order valence-corrected chi connectivity index (χ0v) is 16.1. The molecule has 0 spiro atoms. The van der Waals surface area contributed by atoms with Crippen molar-refractivity contribution in [2.24, 2.45) is 5.41 Å². The van der Waals surface area contributed by atoms with Crippen LogP contribution in [0.15, 0.2) is 24.3 Å². The molecule has 2 N–H and O–H groups in total. The number of nitrogens with zero attached hydrogens (tertiary/aromatic N) is 1. The highest BCUT2D eigenvalue weighted by Crippen LogP contribution is 2.42. The van der Waals surface area contributed by atoms with Gasteiger partial charge < -0.3 is 20.1 Å². The number of nitrogens with one attached hydrogen (secondary N) is 1. The molecule has 1 saturated heterocycles. The van der Waals surface area contributed by atoms with Crippen molar-refractivity contribution in [2.45, 2.75) is 57.4 Å². The SMILES string of the molecule is COc1ccccc1N1CCC(NC(=O)CC2(CC(=O)O)CCCCC2)C1. The Morgan fingerprint density at radius 1 is 1.22 bits per heavy atom. The largest absolute Gasteiger partial charge is 0.495 e. The predicted octanol–water partition coefficient (Wildman–Crippen LogP) is 3.21. The lowest BCUT2D eigenvalue weighted by Gasteiger charge is -2.35. The Morgan fingerprint density at radius 3 is 2.67 bits per heavy atom. The Hall–Kier alpha value is -2.24. The van der Waals surface area contributed by atoms with E-state index < -0.39 is 5.97 Å². The average Bonchev–Trinajstić information content (AvgIpc) is 3.09. The normalized spacial score (nSPS) is 21.7. The lowest BCUT2D eigenvalue weighted by molar-refractivity contribution is -0.141. The van der Waals surface area contributed by atoms with Crippen LogP contribution >= 0.6 is 0 Å². The van der Waals surface area contributed by atoms with Gasteiger partial charge in [-0.1, -0.05) is 31.4 Å². The van der Waals surface area contributed by atoms with E-state index in [-0.39, 0.29) is 23.8 Å². The zero-order valence-electron chi connectivity index (χ0n) is 16.1. The van der Waals surface area contributed by atoms with E-state index in [2.05, 4.69) is 10.2 Å². The standard InChI is InChI=1S/C21H30N2O4/c1-27-18-8-4-3-7-17(18)23-12-9-16(15-23)22-19(24)13-21(14-20(25)26)10-5-2-6-11-21/h3-4,7-8,16H,2,5-6,9-15H2,1H3,(H,22,24)(H,25,26). The molecular formula is C21H30N2O4. The van der Waals surface area contributed by atoms with Gasteiger partial charge >= 0.3 is 5.97 Å². The van der Waals surface area contributed by atoms with Crippen molar-refractivity contribution in [3.63, 3.8) is 0 Å². The number of carbonyl (C=O) groups is 2. The van der Waals surface area contributed by atoms with Crippen molar-refractivity contribution >= 4 is 17.6 Å². The molecule has 1 atom stereocenters. The summed E-state index contributed by atoms with van der Waals surface area (Å²) in [5.41, 5.74) is 0.682. The van der Waals surface area contributed by atoms with E-state index >= 15 is 0 Å². The van der Waals surface area contributed by atoms with E-state index in [1.165, 1.54) is 0 Å². The van der Waals surface area contributed by atoms with E-state index in [9.17, 15) is 14.7 Å². The third kappa shape index (κ3) is 4.93. The summed E-state index contributed by atoms with van der Waals surface area (Å²) in [5.74, 6) is 0.0324. The molecule has 0 bridgehead atoms. The lowest BCUT2D eigenvalue weighted by Crippen LogP contribution is -2.41. The Bertz CT molecular complexity index is 670. The summed E-state index contributed by atoms with van der Waals surface area (Å²) in [4.78, 5) is 26.2. The quantitative estimate of drug-likeness (QED) is 0.766. The monoisotopic (exact) mass is 374 g/mol. The van der Waals surface area contributed by atoms with Crippen molar-refractivity contribution < 1.29 is 19.4 Å². The molecule has 1 aromatic carbocycles. The zero-order chi connectivity index (χ0) is 19.3. The molecule has 1 aromatic rings. The van der Waals surface area contributed by atoms with Gasteiger partial charge in [0, 0.05) is 25.6 Å². The van der Waals surface area contributed by atoms with Crippen molar-refractivity contribution in [1.29, 1.82) is 0 Å². The van der Waals surface area contributed by atoms with Gasteiger partial charge in [-0.3, -0.25) is 9.59 Å². The van der Waals surface area contributed by atoms with Crippen LogP contribution in [0.2, 0.25) is 0 Å². The van der Waals surface area contributed by atoms with Crippen LogP contribution in [0.4, 0.5) is 5.69 Å². The van der Waals surface area contributed by atoms with Gasteiger partial charge in [-0.2, -0.15) is 0 Å². The molecule has 2 aliphatic rings. The Balaban J connectivity index is 1.57. The molecule has 1 heterocycles. The fourth-order valence-corrected chi connectivity index (χ4v) is 4.65. The number of carboxylic acid groups (broad SMARTS) is 1. The third-order valence-electron chi connectivity index (χ3n) is 5.96. The van der Waals surface area contributed by atoms with Crippen LogP contribution in [0, 0.1) is 5.41 Å². The number of amides is 1. The van der Waals surface area contributed by atoms with E-state index in [0.29, 0.717) is 6.42 Å². The van der Waals surface area contributed by atoms with E-state index in [4.69, 9.17) is 4.74 Å². The number of aliphatic carboxylic acids is 1. The first kappa shape index (κ1) is 19.5. The summed E-state index contributed by atoms with van der Waals surface area (Å²) in [6, 6.07) is 8.01. The minimum absolute atomic E-state index is 0.00923. The average molecular weight is 374 g/mol. The lowest BCUT2D eigenvalue weighted by atomic mass is 9.69. The molecule has 0 aromatic heterocycles. The van der Waals surface area contributed by atoms with Gasteiger partial charge in [-0.25, -0.2) is 0 Å². The fourth-order valence-electron chi connectivity index (χ4n) is 4.65. The van der Waals surface area contributed by atoms with Crippen LogP contribution < -0.4 is 15.0 Å². The molecule has 0 radical (unpaired) electrons. The smallest absolute Gasteiger partial charge is 0.303 e. The molecule has 3 rings (SSSR count). The molecule has 6 heteroatoms. The van der Waals surface area contributed by atoms with Crippen LogP contribution in [0.5, 0.6) is 5.75 Å². The molecule has 1 unspecified atom stereocenters. The van der Waals surface area contributed by atoms with Crippen LogP contribution in [-0.2, 0) is 9.59 Å². The van der Waals surface area contributed by atoms with Gasteiger partial charge in [0.25, 0.3) is 0 Å². The third-order valence-corrected chi connectivity index (χ3v) is 5.96. The topological polar surface area (TPSA) is 78.9 Å². The van der Waals surface area contributed by atoms with Crippen molar-refractivity contribution in [3.8, 4) is 5.75 Å². The number of carbonyl (C=O) groups excluding carboxylic acids is 1. The maximum Gasteiger partial charge on any atom is 0.303 e. The maximum atomic E-state index is 12.7. The number of para-hydroxylation sites is 2. The van der Waals surface area contributed by atoms with E-state index in [1.807, 2.05) is 24.3 Å². The first-order valence-corrected chi connectivity index (χ1v) is 9.90. The molecule has 1 amide bonds. The number of rotatable bonds is 7. The summed E-state index contributed by atoms with van der Waals surface area (Å²) in [7, 11) is 1.67. The molecule has 148 valence electrons. The van der Waals surface area contributed by atoms with Gasteiger partial charge in [-0.15, -0.1) is 0 Å². The number of ether oxygens (including phenoxy) is 1. The van der Waals surface area contributed by atoms with E-state index in [1.54, 1.807) is 7.11 Å². The van der Waals surface area contributed by atoms with Crippen molar-refractivity contribution in [2.75, 3.05) is 25.1 Å². The van der Waals surface area contributed by atoms with Crippen LogP contribution in [0.1, 0.15) is 51.4 Å². The van der Waals surface area contributed by atoms with Crippen molar-refractivity contribution in [1.82, 2.24) is 5.32 Å². The number of methoxy groups -OCH3 is 1. The second kappa shape index (κ2) is 8.63. The first-order valence-electron chi connectivity index (χ1n) is 9.90. The van der Waals surface area contributed by atoms with Gasteiger partial charge in [-0.05, 0) is 36.8 Å². The van der Waals surface area contributed by atoms with Gasteiger partial charge in [0.2, 0.25) is 5.91 Å². The Morgan fingerprint density at radius 2 is 1.96 bits per heavy atom. The predicted molar refractivity (Wildman–Crippen MR) is 104 cm³/mol. The minimum atomic E-state index is -0.798. The summed E-state index contributed by atoms with van der Waals surface area (Å²) in [5, 5.41) is 12.4. The number of benzene rings is 1. The molecule has 27 heavy (non-hydrogen) atoms. The van der Waals surface area contributed by atoms with Crippen molar-refractivity contribution in [3.05, 3.63) is 24.3 Å². The highest BCUT2D eigenvalue weighted by Gasteiger charge is 2.37. The number of carboxylic acids is 1. The van der Waals surface area contributed by atoms with Gasteiger partial charge in [0.1, 0.15) is 5.75 Å². The number of anilines is 1. The second-order valence-corrected chi connectivity index (χ2v) is 7.98. The maximum absolute atomic E-state index is 12.7. The molecule has 1 aliphatic heterocycles. The summed E-state index contributed by atoms with van der Waals surface area (Å²) >= 11 is 0. The summed E-state index contributed by atoms with van der Waals surface area (Å²) in [6.07, 6.45) is 6.16.